The third-order valence-corrected chi connectivity index (χ3v) is 4.85. The Bertz CT molecular complexity index is 1140. The number of hydrogen-bond acceptors (Lipinski definition) is 7. The molecule has 0 aliphatic carbocycles. The van der Waals surface area contributed by atoms with Crippen molar-refractivity contribution in [2.45, 2.75) is 6.92 Å². The van der Waals surface area contributed by atoms with Gasteiger partial charge in [0.15, 0.2) is 28.4 Å². The molecule has 6 nitrogen and oxygen atoms in total. The predicted octanol–water partition coefficient (Wildman–Crippen LogP) is 4.74. The molecular formula is C18H14F2N6S. The second-order valence-electron chi connectivity index (χ2n) is 5.80. The molecule has 9 heteroatoms. The van der Waals surface area contributed by atoms with Gasteiger partial charge in [-0.15, -0.1) is 0 Å². The molecule has 4 rings (SSSR count). The van der Waals surface area contributed by atoms with Crippen LogP contribution in [-0.2, 0) is 0 Å². The first-order valence-corrected chi connectivity index (χ1v) is 8.78. The number of nitrogens with zero attached hydrogens (tertiary/aromatic N) is 3. The third kappa shape index (κ3) is 3.36. The smallest absolute Gasteiger partial charge is 0.189 e. The van der Waals surface area contributed by atoms with E-state index in [2.05, 4.69) is 25.6 Å². The molecule has 136 valence electrons. The van der Waals surface area contributed by atoms with Crippen molar-refractivity contribution in [3.63, 3.8) is 0 Å². The number of aromatic nitrogens is 3. The van der Waals surface area contributed by atoms with Crippen molar-refractivity contribution in [3.8, 4) is 0 Å². The lowest BCUT2D eigenvalue weighted by molar-refractivity contribution is 0.509. The molecule has 0 saturated heterocycles. The van der Waals surface area contributed by atoms with Crippen molar-refractivity contribution in [2.75, 3.05) is 16.4 Å². The predicted molar refractivity (Wildman–Crippen MR) is 104 cm³/mol. The number of rotatable bonds is 4. The monoisotopic (exact) mass is 384 g/mol. The summed E-state index contributed by atoms with van der Waals surface area (Å²) in [5, 5.41) is 6.60. The average molecular weight is 384 g/mol. The number of nitrogen functional groups attached to an aromatic ring is 1. The van der Waals surface area contributed by atoms with Crippen molar-refractivity contribution in [1.82, 2.24) is 15.0 Å². The lowest BCUT2D eigenvalue weighted by atomic mass is 10.2. The van der Waals surface area contributed by atoms with E-state index in [-0.39, 0.29) is 11.5 Å². The van der Waals surface area contributed by atoms with Gasteiger partial charge < -0.3 is 16.4 Å². The summed E-state index contributed by atoms with van der Waals surface area (Å²) in [5.41, 5.74) is 8.68. The molecule has 0 radical (unpaired) electrons. The molecule has 0 aliphatic heterocycles. The highest BCUT2D eigenvalue weighted by molar-refractivity contribution is 7.22. The molecule has 0 saturated carbocycles. The number of nitrogens with two attached hydrogens (primary N) is 1. The fraction of sp³-hybridized carbons (Fsp3) is 0.0556. The molecule has 0 atom stereocenters. The molecule has 4 N–H and O–H groups in total. The van der Waals surface area contributed by atoms with Gasteiger partial charge >= 0.3 is 0 Å². The Morgan fingerprint density at radius 2 is 1.78 bits per heavy atom. The maximum Gasteiger partial charge on any atom is 0.189 e. The lowest BCUT2D eigenvalue weighted by Gasteiger charge is -2.11. The van der Waals surface area contributed by atoms with Crippen LogP contribution in [0.5, 0.6) is 0 Å². The molecule has 2 heterocycles. The zero-order chi connectivity index (χ0) is 19.0. The van der Waals surface area contributed by atoms with Gasteiger partial charge in [-0.05, 0) is 30.7 Å². The van der Waals surface area contributed by atoms with Crippen LogP contribution in [-0.4, -0.2) is 15.0 Å². The number of fused-ring (bicyclic) bond motifs is 1. The number of para-hydroxylation sites is 1. The molecule has 27 heavy (non-hydrogen) atoms. The Kier molecular flexibility index (Phi) is 4.28. The largest absolute Gasteiger partial charge is 0.393 e. The molecule has 0 bridgehead atoms. The van der Waals surface area contributed by atoms with E-state index in [0.717, 1.165) is 27.9 Å². The molecule has 0 aliphatic rings. The fourth-order valence-corrected chi connectivity index (χ4v) is 3.49. The molecule has 0 fully saturated rings. The van der Waals surface area contributed by atoms with Gasteiger partial charge in [-0.1, -0.05) is 23.5 Å². The highest BCUT2D eigenvalue weighted by atomic mass is 32.1. The van der Waals surface area contributed by atoms with Crippen LogP contribution in [0.15, 0.2) is 42.7 Å². The summed E-state index contributed by atoms with van der Waals surface area (Å²) in [6.45, 7) is 1.99. The van der Waals surface area contributed by atoms with E-state index in [4.69, 9.17) is 5.73 Å². The number of aryl methyl sites for hydroxylation is 1. The Labute approximate surface area is 157 Å². The SMILES string of the molecule is Cc1cccc2sc(Nc3ncnc(Nc4ccc(F)c(F)c4)c3N)nc12. The molecular weight excluding hydrogens is 370 g/mol. The van der Waals surface area contributed by atoms with Gasteiger partial charge in [0.1, 0.15) is 12.0 Å². The molecule has 0 unspecified atom stereocenters. The maximum absolute atomic E-state index is 13.4. The van der Waals surface area contributed by atoms with Gasteiger partial charge in [-0.3, -0.25) is 0 Å². The van der Waals surface area contributed by atoms with E-state index >= 15 is 0 Å². The summed E-state index contributed by atoms with van der Waals surface area (Å²) in [4.78, 5) is 12.8. The number of anilines is 5. The van der Waals surface area contributed by atoms with Gasteiger partial charge in [0.05, 0.1) is 10.2 Å². The maximum atomic E-state index is 13.4. The van der Waals surface area contributed by atoms with Crippen molar-refractivity contribution in [1.29, 1.82) is 0 Å². The van der Waals surface area contributed by atoms with Crippen LogP contribution in [0, 0.1) is 18.6 Å². The zero-order valence-corrected chi connectivity index (χ0v) is 14.9. The Morgan fingerprint density at radius 3 is 2.52 bits per heavy atom. The first kappa shape index (κ1) is 17.1. The second-order valence-corrected chi connectivity index (χ2v) is 6.83. The van der Waals surface area contributed by atoms with Gasteiger partial charge in [0.25, 0.3) is 0 Å². The average Bonchev–Trinajstić information content (AvgIpc) is 3.06. The summed E-state index contributed by atoms with van der Waals surface area (Å²) >= 11 is 1.48. The van der Waals surface area contributed by atoms with Crippen molar-refractivity contribution >= 4 is 49.7 Å². The first-order valence-electron chi connectivity index (χ1n) is 7.97. The number of halogens is 2. The minimum atomic E-state index is -0.962. The standard InChI is InChI=1S/C18H14F2N6S/c1-9-3-2-4-13-15(9)25-18(27-13)26-17-14(21)16(22-8-23-17)24-10-5-6-11(19)12(20)7-10/h2-8H,21H2,1H3,(H2,22,23,24,25,26). The van der Waals surface area contributed by atoms with Crippen LogP contribution in [0.1, 0.15) is 5.56 Å². The zero-order valence-electron chi connectivity index (χ0n) is 14.1. The molecule has 4 aromatic rings. The lowest BCUT2D eigenvalue weighted by Crippen LogP contribution is -2.05. The van der Waals surface area contributed by atoms with E-state index in [1.165, 1.54) is 23.7 Å². The highest BCUT2D eigenvalue weighted by Gasteiger charge is 2.12. The van der Waals surface area contributed by atoms with Gasteiger partial charge in [-0.2, -0.15) is 0 Å². The number of thiazole rings is 1. The topological polar surface area (TPSA) is 88.8 Å². The summed E-state index contributed by atoms with van der Waals surface area (Å²) in [6.07, 6.45) is 1.32. The van der Waals surface area contributed by atoms with E-state index in [0.29, 0.717) is 16.6 Å². The van der Waals surface area contributed by atoms with Crippen LogP contribution in [0.3, 0.4) is 0 Å². The Morgan fingerprint density at radius 1 is 1.00 bits per heavy atom. The van der Waals surface area contributed by atoms with Gasteiger partial charge in [-0.25, -0.2) is 23.7 Å². The second kappa shape index (κ2) is 6.76. The minimum absolute atomic E-state index is 0.234. The summed E-state index contributed by atoms with van der Waals surface area (Å²) < 4.78 is 27.5. The van der Waals surface area contributed by atoms with E-state index < -0.39 is 11.6 Å². The van der Waals surface area contributed by atoms with Crippen molar-refractivity contribution < 1.29 is 8.78 Å². The normalized spacial score (nSPS) is 10.9. The van der Waals surface area contributed by atoms with Crippen LogP contribution in [0.2, 0.25) is 0 Å². The quantitative estimate of drug-likeness (QED) is 0.471. The minimum Gasteiger partial charge on any atom is -0.393 e. The molecule has 0 amide bonds. The highest BCUT2D eigenvalue weighted by Crippen LogP contribution is 2.33. The fourth-order valence-electron chi connectivity index (χ4n) is 2.55. The summed E-state index contributed by atoms with van der Waals surface area (Å²) in [7, 11) is 0. The van der Waals surface area contributed by atoms with Crippen LogP contribution >= 0.6 is 11.3 Å². The number of nitrogens with one attached hydrogen (secondary N) is 2. The van der Waals surface area contributed by atoms with Crippen molar-refractivity contribution in [3.05, 3.63) is 59.9 Å². The number of hydrogen-bond donors (Lipinski definition) is 3. The van der Waals surface area contributed by atoms with Crippen LogP contribution in [0.25, 0.3) is 10.2 Å². The number of benzene rings is 2. The van der Waals surface area contributed by atoms with Crippen LogP contribution < -0.4 is 16.4 Å². The molecule has 2 aromatic heterocycles. The van der Waals surface area contributed by atoms with Crippen molar-refractivity contribution in [2.24, 2.45) is 0 Å². The first-order chi connectivity index (χ1) is 13.0. The van der Waals surface area contributed by atoms with E-state index in [1.54, 1.807) is 0 Å². The Balaban J connectivity index is 1.62. The van der Waals surface area contributed by atoms with Crippen LogP contribution in [0.4, 0.5) is 36.9 Å². The van der Waals surface area contributed by atoms with E-state index in [1.807, 2.05) is 25.1 Å². The van der Waals surface area contributed by atoms with Gasteiger partial charge in [0, 0.05) is 11.8 Å². The summed E-state index contributed by atoms with van der Waals surface area (Å²) in [5.74, 6) is -1.25. The van der Waals surface area contributed by atoms with Gasteiger partial charge in [0.2, 0.25) is 0 Å². The molecule has 2 aromatic carbocycles. The Hall–Kier alpha value is -3.33. The third-order valence-electron chi connectivity index (χ3n) is 3.91. The van der Waals surface area contributed by atoms with E-state index in [9.17, 15) is 8.78 Å². The molecule has 0 spiro atoms. The summed E-state index contributed by atoms with van der Waals surface area (Å²) in [6, 6.07) is 9.41.